The summed E-state index contributed by atoms with van der Waals surface area (Å²) in [5.74, 6) is 0. The molecule has 0 unspecified atom stereocenters. The molecule has 56 valence electrons. The van der Waals surface area contributed by atoms with Crippen LogP contribution >= 0.6 is 24.0 Å². The molecule has 0 radical (unpaired) electrons. The van der Waals surface area contributed by atoms with Gasteiger partial charge in [-0.25, -0.2) is 0 Å². The molecule has 1 heterocycles. The summed E-state index contributed by atoms with van der Waals surface area (Å²) < 4.78 is 1.12. The van der Waals surface area contributed by atoms with Gasteiger partial charge in [-0.3, -0.25) is 0 Å². The van der Waals surface area contributed by atoms with E-state index in [-0.39, 0.29) is 0 Å². The van der Waals surface area contributed by atoms with Crippen molar-refractivity contribution < 1.29 is 0 Å². The Hall–Kier alpha value is -0.470. The van der Waals surface area contributed by atoms with Gasteiger partial charge < -0.3 is 0 Å². The van der Waals surface area contributed by atoms with Crippen molar-refractivity contribution in [1.29, 1.82) is 0 Å². The molecule has 1 aromatic heterocycles. The lowest BCUT2D eigenvalue weighted by atomic mass is 10.2. The van der Waals surface area contributed by atoms with Crippen LogP contribution in [0.25, 0.3) is 10.8 Å². The Kier molecular flexibility index (Phi) is 1.66. The van der Waals surface area contributed by atoms with Gasteiger partial charge in [0.05, 0.1) is 4.21 Å². The molecule has 0 saturated carbocycles. The largest absolute Gasteiger partial charge is 0.133 e. The number of benzene rings is 1. The molecule has 0 amide bonds. The molecular formula is C9H8S2. The van der Waals surface area contributed by atoms with E-state index < -0.39 is 0 Å². The predicted molar refractivity (Wildman–Crippen MR) is 53.8 cm³/mol. The summed E-state index contributed by atoms with van der Waals surface area (Å²) in [5.41, 5.74) is 0. The van der Waals surface area contributed by atoms with Crippen LogP contribution in [0.4, 0.5) is 0 Å². The Labute approximate surface area is 75.3 Å². The fourth-order valence-electron chi connectivity index (χ4n) is 1.23. The second-order valence-electron chi connectivity index (χ2n) is 2.51. The molecule has 0 nitrogen and oxygen atoms in total. The normalized spacial score (nSPS) is 10.7. The van der Waals surface area contributed by atoms with E-state index in [1.165, 1.54) is 15.6 Å². The fraction of sp³-hybridized carbons (Fsp3) is 0.111. The molecule has 0 N–H and O–H groups in total. The molecule has 0 atom stereocenters. The first-order chi connectivity index (χ1) is 5.29. The molecule has 2 rings (SSSR count). The minimum absolute atomic E-state index is 1.12. The zero-order valence-corrected chi connectivity index (χ0v) is 7.88. The lowest BCUT2D eigenvalue weighted by molar-refractivity contribution is 1.68. The molecule has 0 aliphatic carbocycles. The van der Waals surface area contributed by atoms with E-state index in [0.717, 1.165) is 4.21 Å². The molecule has 0 bridgehead atoms. The SMILES string of the molecule is Cc1sc(S)c2ccccc12. The first-order valence-electron chi connectivity index (χ1n) is 3.46. The summed E-state index contributed by atoms with van der Waals surface area (Å²) >= 11 is 6.14. The van der Waals surface area contributed by atoms with Crippen LogP contribution in [0.5, 0.6) is 0 Å². The Bertz CT molecular complexity index is 351. The molecule has 1 aromatic carbocycles. The van der Waals surface area contributed by atoms with E-state index in [1.54, 1.807) is 11.3 Å². The van der Waals surface area contributed by atoms with Crippen LogP contribution in [0.15, 0.2) is 28.5 Å². The van der Waals surface area contributed by atoms with Gasteiger partial charge in [0.15, 0.2) is 0 Å². The highest BCUT2D eigenvalue weighted by Gasteiger charge is 2.02. The molecular weight excluding hydrogens is 172 g/mol. The van der Waals surface area contributed by atoms with Crippen LogP contribution in [0.1, 0.15) is 4.88 Å². The highest BCUT2D eigenvalue weighted by atomic mass is 32.2. The van der Waals surface area contributed by atoms with Crippen LogP contribution in [0, 0.1) is 6.92 Å². The monoisotopic (exact) mass is 180 g/mol. The minimum atomic E-state index is 1.12. The van der Waals surface area contributed by atoms with E-state index in [4.69, 9.17) is 0 Å². The maximum atomic E-state index is 4.39. The number of thiol groups is 1. The van der Waals surface area contributed by atoms with Gasteiger partial charge in [0.1, 0.15) is 0 Å². The summed E-state index contributed by atoms with van der Waals surface area (Å²) in [4.78, 5) is 1.35. The number of hydrogen-bond acceptors (Lipinski definition) is 2. The van der Waals surface area contributed by atoms with Gasteiger partial charge in [0.25, 0.3) is 0 Å². The van der Waals surface area contributed by atoms with Gasteiger partial charge in [-0.15, -0.1) is 24.0 Å². The van der Waals surface area contributed by atoms with Gasteiger partial charge in [-0.2, -0.15) is 0 Å². The third kappa shape index (κ3) is 1.06. The maximum absolute atomic E-state index is 4.39. The number of rotatable bonds is 0. The van der Waals surface area contributed by atoms with Gasteiger partial charge in [0.2, 0.25) is 0 Å². The Balaban J connectivity index is 2.95. The Morgan fingerprint density at radius 1 is 1.18 bits per heavy atom. The number of hydrogen-bond donors (Lipinski definition) is 1. The first kappa shape index (κ1) is 7.19. The summed E-state index contributed by atoms with van der Waals surface area (Å²) in [6, 6.07) is 8.37. The standard InChI is InChI=1S/C9H8S2/c1-6-7-4-2-3-5-8(7)9(10)11-6/h2-5,10H,1H3. The Morgan fingerprint density at radius 3 is 2.45 bits per heavy atom. The number of aryl methyl sites for hydroxylation is 1. The molecule has 2 aromatic rings. The molecule has 11 heavy (non-hydrogen) atoms. The molecule has 0 fully saturated rings. The molecule has 0 spiro atoms. The zero-order chi connectivity index (χ0) is 7.84. The second kappa shape index (κ2) is 2.54. The van der Waals surface area contributed by atoms with E-state index >= 15 is 0 Å². The van der Waals surface area contributed by atoms with Crippen LogP contribution < -0.4 is 0 Å². The molecule has 2 heteroatoms. The Morgan fingerprint density at radius 2 is 1.82 bits per heavy atom. The maximum Gasteiger partial charge on any atom is 0.0649 e. The van der Waals surface area contributed by atoms with Crippen LogP contribution in [-0.4, -0.2) is 0 Å². The van der Waals surface area contributed by atoms with Gasteiger partial charge in [0, 0.05) is 10.3 Å². The summed E-state index contributed by atoms with van der Waals surface area (Å²) in [5, 5.41) is 2.61. The quantitative estimate of drug-likeness (QED) is 0.589. The van der Waals surface area contributed by atoms with E-state index in [2.05, 4.69) is 37.8 Å². The van der Waals surface area contributed by atoms with Crippen molar-refractivity contribution in [3.63, 3.8) is 0 Å². The molecule has 0 aliphatic rings. The van der Waals surface area contributed by atoms with Crippen LogP contribution in [0.2, 0.25) is 0 Å². The van der Waals surface area contributed by atoms with Gasteiger partial charge in [-0.1, -0.05) is 24.3 Å². The zero-order valence-electron chi connectivity index (χ0n) is 6.16. The minimum Gasteiger partial charge on any atom is -0.133 e. The predicted octanol–water partition coefficient (Wildman–Crippen LogP) is 3.50. The van der Waals surface area contributed by atoms with Crippen molar-refractivity contribution >= 4 is 34.7 Å². The summed E-state index contributed by atoms with van der Waals surface area (Å²) in [6.45, 7) is 2.13. The van der Waals surface area contributed by atoms with Crippen molar-refractivity contribution in [2.75, 3.05) is 0 Å². The second-order valence-corrected chi connectivity index (χ2v) is 4.48. The lowest BCUT2D eigenvalue weighted by Crippen LogP contribution is -1.64. The smallest absolute Gasteiger partial charge is 0.0649 e. The van der Waals surface area contributed by atoms with Crippen molar-refractivity contribution in [2.45, 2.75) is 11.1 Å². The average molecular weight is 180 g/mol. The van der Waals surface area contributed by atoms with Crippen molar-refractivity contribution in [3.05, 3.63) is 29.1 Å². The number of fused-ring (bicyclic) bond motifs is 1. The lowest BCUT2D eigenvalue weighted by Gasteiger charge is -1.88. The van der Waals surface area contributed by atoms with Crippen molar-refractivity contribution in [2.24, 2.45) is 0 Å². The van der Waals surface area contributed by atoms with Crippen LogP contribution in [0.3, 0.4) is 0 Å². The van der Waals surface area contributed by atoms with E-state index in [9.17, 15) is 0 Å². The average Bonchev–Trinajstić information content (AvgIpc) is 2.30. The highest BCUT2D eigenvalue weighted by molar-refractivity contribution is 7.83. The van der Waals surface area contributed by atoms with Gasteiger partial charge >= 0.3 is 0 Å². The van der Waals surface area contributed by atoms with Crippen molar-refractivity contribution in [1.82, 2.24) is 0 Å². The number of thiophene rings is 1. The third-order valence-electron chi connectivity index (χ3n) is 1.79. The first-order valence-corrected chi connectivity index (χ1v) is 4.72. The molecule has 0 saturated heterocycles. The van der Waals surface area contributed by atoms with Crippen LogP contribution in [-0.2, 0) is 0 Å². The van der Waals surface area contributed by atoms with Gasteiger partial charge in [-0.05, 0) is 12.3 Å². The summed E-state index contributed by atoms with van der Waals surface area (Å²) in [7, 11) is 0. The summed E-state index contributed by atoms with van der Waals surface area (Å²) in [6.07, 6.45) is 0. The van der Waals surface area contributed by atoms with E-state index in [0.29, 0.717) is 0 Å². The van der Waals surface area contributed by atoms with Crippen molar-refractivity contribution in [3.8, 4) is 0 Å². The van der Waals surface area contributed by atoms with E-state index in [1.807, 2.05) is 6.07 Å². The molecule has 0 aliphatic heterocycles. The third-order valence-corrected chi connectivity index (χ3v) is 3.24. The highest BCUT2D eigenvalue weighted by Crippen LogP contribution is 2.32. The topological polar surface area (TPSA) is 0 Å². The fourth-order valence-corrected chi connectivity index (χ4v) is 2.70.